The average Bonchev–Trinajstić information content (AvgIpc) is 2.46. The summed E-state index contributed by atoms with van der Waals surface area (Å²) in [6.45, 7) is 0. The van der Waals surface area contributed by atoms with Gasteiger partial charge in [0.05, 0.1) is 25.5 Å². The van der Waals surface area contributed by atoms with Crippen LogP contribution in [0.5, 0.6) is 5.75 Å². The second-order valence-electron chi connectivity index (χ2n) is 3.50. The smallest absolute Gasteiger partial charge is 0.337 e. The summed E-state index contributed by atoms with van der Waals surface area (Å²) in [6, 6.07) is 6.18. The molecule has 0 atom stereocenters. The number of nitrogens with zero attached hydrogens (tertiary/aromatic N) is 2. The molecule has 0 unspecified atom stereocenters. The van der Waals surface area contributed by atoms with Crippen LogP contribution in [-0.4, -0.2) is 31.7 Å². The van der Waals surface area contributed by atoms with Crippen LogP contribution in [0, 0.1) is 16.7 Å². The fourth-order valence-corrected chi connectivity index (χ4v) is 1.30. The maximum absolute atomic E-state index is 11.4. The minimum atomic E-state index is -0.522. The van der Waals surface area contributed by atoms with E-state index >= 15 is 0 Å². The Morgan fingerprint density at radius 3 is 2.70 bits per heavy atom. The molecule has 0 spiro atoms. The lowest BCUT2D eigenvalue weighted by Crippen LogP contribution is -2.22. The molecule has 20 heavy (non-hydrogen) atoms. The number of carbonyl (C=O) groups is 1. The molecule has 4 N–H and O–H groups in total. The SMILES string of the molecule is COC(=O)c1ccc(OC)c(N/N=C(\C#N)C(=N)N)c1. The Hall–Kier alpha value is -3.08. The lowest BCUT2D eigenvalue weighted by molar-refractivity contribution is 0.0601. The van der Waals surface area contributed by atoms with Crippen LogP contribution in [0.25, 0.3) is 0 Å². The monoisotopic (exact) mass is 275 g/mol. The number of methoxy groups -OCH3 is 2. The van der Waals surface area contributed by atoms with Crippen molar-refractivity contribution in [2.24, 2.45) is 10.8 Å². The van der Waals surface area contributed by atoms with Crippen molar-refractivity contribution >= 4 is 23.2 Å². The average molecular weight is 275 g/mol. The fraction of sp³-hybridized carbons (Fsp3) is 0.167. The predicted molar refractivity (Wildman–Crippen MR) is 72.9 cm³/mol. The van der Waals surface area contributed by atoms with Crippen LogP contribution in [0.3, 0.4) is 0 Å². The normalized spacial score (nSPS) is 10.3. The highest BCUT2D eigenvalue weighted by Gasteiger charge is 2.10. The topological polar surface area (TPSA) is 134 Å². The summed E-state index contributed by atoms with van der Waals surface area (Å²) in [7, 11) is 2.71. The van der Waals surface area contributed by atoms with Crippen molar-refractivity contribution in [1.82, 2.24) is 0 Å². The van der Waals surface area contributed by atoms with E-state index < -0.39 is 11.8 Å². The van der Waals surface area contributed by atoms with Crippen molar-refractivity contribution in [3.8, 4) is 11.8 Å². The molecule has 0 fully saturated rings. The molecule has 1 rings (SSSR count). The molecule has 0 aliphatic carbocycles. The summed E-state index contributed by atoms with van der Waals surface area (Å²) in [6.07, 6.45) is 0. The van der Waals surface area contributed by atoms with Gasteiger partial charge in [-0.05, 0) is 18.2 Å². The van der Waals surface area contributed by atoms with Crippen molar-refractivity contribution in [3.63, 3.8) is 0 Å². The summed E-state index contributed by atoms with van der Waals surface area (Å²) >= 11 is 0. The van der Waals surface area contributed by atoms with E-state index in [9.17, 15) is 4.79 Å². The van der Waals surface area contributed by atoms with E-state index in [4.69, 9.17) is 21.1 Å². The van der Waals surface area contributed by atoms with Gasteiger partial charge < -0.3 is 15.2 Å². The molecule has 0 aromatic heterocycles. The third kappa shape index (κ3) is 3.46. The number of anilines is 1. The second kappa shape index (κ2) is 6.75. The third-order valence-corrected chi connectivity index (χ3v) is 2.27. The van der Waals surface area contributed by atoms with E-state index in [0.717, 1.165) is 0 Å². The molecule has 8 heteroatoms. The van der Waals surface area contributed by atoms with Crippen LogP contribution in [0.4, 0.5) is 5.69 Å². The zero-order valence-electron chi connectivity index (χ0n) is 10.9. The minimum absolute atomic E-state index is 0.282. The van der Waals surface area contributed by atoms with E-state index in [1.165, 1.54) is 26.4 Å². The number of nitrogens with two attached hydrogens (primary N) is 1. The highest BCUT2D eigenvalue weighted by Crippen LogP contribution is 2.25. The molecule has 0 amide bonds. The van der Waals surface area contributed by atoms with Crippen molar-refractivity contribution < 1.29 is 14.3 Å². The maximum atomic E-state index is 11.4. The summed E-state index contributed by atoms with van der Waals surface area (Å²) in [5.74, 6) is -0.586. The molecular weight excluding hydrogens is 262 g/mol. The third-order valence-electron chi connectivity index (χ3n) is 2.27. The van der Waals surface area contributed by atoms with Gasteiger partial charge in [-0.2, -0.15) is 10.4 Å². The second-order valence-corrected chi connectivity index (χ2v) is 3.50. The van der Waals surface area contributed by atoms with Gasteiger partial charge in [0, 0.05) is 0 Å². The molecule has 0 aliphatic heterocycles. The fourth-order valence-electron chi connectivity index (χ4n) is 1.30. The van der Waals surface area contributed by atoms with Gasteiger partial charge in [0.15, 0.2) is 5.84 Å². The van der Waals surface area contributed by atoms with Gasteiger partial charge >= 0.3 is 5.97 Å². The van der Waals surface area contributed by atoms with Crippen LogP contribution in [-0.2, 0) is 4.74 Å². The molecule has 104 valence electrons. The largest absolute Gasteiger partial charge is 0.495 e. The Balaban J connectivity index is 3.12. The van der Waals surface area contributed by atoms with Crippen molar-refractivity contribution in [3.05, 3.63) is 23.8 Å². The van der Waals surface area contributed by atoms with E-state index in [-0.39, 0.29) is 11.3 Å². The quantitative estimate of drug-likeness (QED) is 0.313. The molecule has 0 radical (unpaired) electrons. The maximum Gasteiger partial charge on any atom is 0.337 e. The number of nitriles is 1. The number of rotatable bonds is 5. The highest BCUT2D eigenvalue weighted by molar-refractivity contribution is 6.45. The number of hydrogen-bond donors (Lipinski definition) is 3. The number of esters is 1. The Labute approximate surface area is 115 Å². The highest BCUT2D eigenvalue weighted by atomic mass is 16.5. The molecule has 0 saturated carbocycles. The van der Waals surface area contributed by atoms with Gasteiger partial charge in [-0.25, -0.2) is 4.79 Å². The van der Waals surface area contributed by atoms with Gasteiger partial charge in [-0.15, -0.1) is 0 Å². The van der Waals surface area contributed by atoms with Crippen molar-refractivity contribution in [2.45, 2.75) is 0 Å². The van der Waals surface area contributed by atoms with Crippen LogP contribution in [0.1, 0.15) is 10.4 Å². The Morgan fingerprint density at radius 1 is 1.50 bits per heavy atom. The van der Waals surface area contributed by atoms with E-state index in [1.54, 1.807) is 12.1 Å². The number of hydrazone groups is 1. The van der Waals surface area contributed by atoms with Crippen LogP contribution < -0.4 is 15.9 Å². The molecule has 1 aromatic carbocycles. The number of benzene rings is 1. The molecular formula is C12H13N5O3. The van der Waals surface area contributed by atoms with Crippen LogP contribution >= 0.6 is 0 Å². The van der Waals surface area contributed by atoms with Gasteiger partial charge in [-0.1, -0.05) is 0 Å². The first-order chi connectivity index (χ1) is 9.53. The first-order valence-corrected chi connectivity index (χ1v) is 5.38. The van der Waals surface area contributed by atoms with Crippen LogP contribution in [0.2, 0.25) is 0 Å². The summed E-state index contributed by atoms with van der Waals surface area (Å²) in [5.41, 5.74) is 8.03. The molecule has 0 bridgehead atoms. The zero-order chi connectivity index (χ0) is 15.1. The minimum Gasteiger partial charge on any atom is -0.495 e. The van der Waals surface area contributed by atoms with Gasteiger partial charge in [0.2, 0.25) is 5.71 Å². The first kappa shape index (κ1) is 15.0. The number of carbonyl (C=O) groups excluding carboxylic acids is 1. The van der Waals surface area contributed by atoms with Crippen LogP contribution in [0.15, 0.2) is 23.3 Å². The van der Waals surface area contributed by atoms with Gasteiger partial charge in [0.1, 0.15) is 11.8 Å². The van der Waals surface area contributed by atoms with Gasteiger partial charge in [-0.3, -0.25) is 10.8 Å². The van der Waals surface area contributed by atoms with E-state index in [1.807, 2.05) is 0 Å². The summed E-state index contributed by atoms with van der Waals surface area (Å²) in [4.78, 5) is 11.4. The summed E-state index contributed by atoms with van der Waals surface area (Å²) < 4.78 is 9.69. The molecule has 0 heterocycles. The molecule has 0 saturated heterocycles. The van der Waals surface area contributed by atoms with E-state index in [0.29, 0.717) is 11.4 Å². The Kier molecular flexibility index (Phi) is 5.05. The number of amidine groups is 1. The van der Waals surface area contributed by atoms with Crippen molar-refractivity contribution in [1.29, 1.82) is 10.7 Å². The lowest BCUT2D eigenvalue weighted by Gasteiger charge is -2.09. The molecule has 8 nitrogen and oxygen atoms in total. The number of ether oxygens (including phenoxy) is 2. The van der Waals surface area contributed by atoms with Crippen molar-refractivity contribution in [2.75, 3.05) is 19.6 Å². The molecule has 0 aliphatic rings. The lowest BCUT2D eigenvalue weighted by atomic mass is 10.2. The van der Waals surface area contributed by atoms with Gasteiger partial charge in [0.25, 0.3) is 0 Å². The molecule has 1 aromatic rings. The Bertz CT molecular complexity index is 604. The number of nitrogens with one attached hydrogen (secondary N) is 2. The first-order valence-electron chi connectivity index (χ1n) is 5.38. The summed E-state index contributed by atoms with van der Waals surface area (Å²) in [5, 5.41) is 19.5. The Morgan fingerprint density at radius 2 is 2.20 bits per heavy atom. The predicted octanol–water partition coefficient (Wildman–Crippen LogP) is 0.709. The standard InChI is InChI=1S/C12H13N5O3/c1-19-10-4-3-7(12(18)20-2)5-8(10)16-17-9(6-13)11(14)15/h3-5,16H,1-2H3,(H3,14,15)/b17-9+. The zero-order valence-corrected chi connectivity index (χ0v) is 10.9. The number of hydrogen-bond acceptors (Lipinski definition) is 7. The van der Waals surface area contributed by atoms with E-state index in [2.05, 4.69) is 15.3 Å².